The van der Waals surface area contributed by atoms with Crippen molar-refractivity contribution in [3.05, 3.63) is 21.7 Å². The molecule has 2 fully saturated rings. The molecule has 1 aromatic rings. The highest BCUT2D eigenvalue weighted by molar-refractivity contribution is 5.98. The number of rotatable bonds is 4. The van der Waals surface area contributed by atoms with Crippen LogP contribution >= 0.6 is 0 Å². The Morgan fingerprint density at radius 1 is 1.35 bits per heavy atom. The lowest BCUT2D eigenvalue weighted by molar-refractivity contribution is -0.386. The maximum atomic E-state index is 12.6. The molecule has 8 heteroatoms. The maximum Gasteiger partial charge on any atom is 0.353 e. The molecule has 0 aromatic heterocycles. The van der Waals surface area contributed by atoms with Gasteiger partial charge in [-0.1, -0.05) is 20.8 Å². The number of phenolic OH excluding ortho intramolecular Hbond substituents is 2. The Hall–Kier alpha value is -2.51. The molecule has 3 atom stereocenters. The zero-order valence-electron chi connectivity index (χ0n) is 15.2. The van der Waals surface area contributed by atoms with Gasteiger partial charge in [0.25, 0.3) is 0 Å². The first-order valence-corrected chi connectivity index (χ1v) is 8.53. The van der Waals surface area contributed by atoms with E-state index < -0.39 is 33.6 Å². The van der Waals surface area contributed by atoms with Crippen molar-refractivity contribution in [2.24, 2.45) is 16.7 Å². The molecule has 3 rings (SSSR count). The average Bonchev–Trinajstić information content (AvgIpc) is 2.87. The molecule has 2 aliphatic rings. The summed E-state index contributed by atoms with van der Waals surface area (Å²) in [6.07, 6.45) is 2.32. The number of aromatic hydroxyl groups is 2. The highest BCUT2D eigenvalue weighted by atomic mass is 16.6. The van der Waals surface area contributed by atoms with E-state index in [1.165, 1.54) is 0 Å². The van der Waals surface area contributed by atoms with Crippen LogP contribution in [0.3, 0.4) is 0 Å². The van der Waals surface area contributed by atoms with Gasteiger partial charge in [-0.05, 0) is 30.6 Å². The van der Waals surface area contributed by atoms with Gasteiger partial charge in [0.15, 0.2) is 5.56 Å². The van der Waals surface area contributed by atoms with Crippen molar-refractivity contribution in [1.29, 1.82) is 0 Å². The molecule has 8 nitrogen and oxygen atoms in total. The highest BCUT2D eigenvalue weighted by Gasteiger charge is 2.63. The lowest BCUT2D eigenvalue weighted by Crippen LogP contribution is -2.38. The minimum atomic E-state index is -0.972. The predicted octanol–water partition coefficient (Wildman–Crippen LogP) is 3.39. The second-order valence-corrected chi connectivity index (χ2v) is 7.93. The Balaban J connectivity index is 1.95. The van der Waals surface area contributed by atoms with Gasteiger partial charge in [-0.25, -0.2) is 4.79 Å². The molecule has 0 saturated heterocycles. The minimum Gasteiger partial charge on any atom is -0.507 e. The zero-order valence-corrected chi connectivity index (χ0v) is 15.2. The normalized spacial score (nSPS) is 28.8. The maximum absolute atomic E-state index is 12.6. The molecule has 2 saturated carbocycles. The molecule has 1 aromatic carbocycles. The summed E-state index contributed by atoms with van der Waals surface area (Å²) in [7, 11) is 1.16. The van der Waals surface area contributed by atoms with Crippen molar-refractivity contribution in [2.75, 3.05) is 7.11 Å². The smallest absolute Gasteiger partial charge is 0.353 e. The first-order chi connectivity index (χ1) is 12.0. The summed E-state index contributed by atoms with van der Waals surface area (Å²) in [6, 6.07) is 0.931. The van der Waals surface area contributed by atoms with Gasteiger partial charge in [0.05, 0.1) is 12.0 Å². The number of nitrogens with zero attached hydrogens (tertiary/aromatic N) is 1. The van der Waals surface area contributed by atoms with Gasteiger partial charge in [-0.3, -0.25) is 10.1 Å². The number of esters is 1. The topological polar surface area (TPSA) is 119 Å². The zero-order chi connectivity index (χ0) is 19.4. The van der Waals surface area contributed by atoms with E-state index in [1.54, 1.807) is 0 Å². The molecule has 0 heterocycles. The van der Waals surface area contributed by atoms with Crippen LogP contribution in [0, 0.1) is 26.9 Å². The van der Waals surface area contributed by atoms with E-state index in [9.17, 15) is 25.1 Å². The third-order valence-corrected chi connectivity index (χ3v) is 6.79. The van der Waals surface area contributed by atoms with E-state index in [2.05, 4.69) is 20.8 Å². The molecule has 142 valence electrons. The fraction of sp³-hybridized carbons (Fsp3) is 0.611. The summed E-state index contributed by atoms with van der Waals surface area (Å²) >= 11 is 0. The molecule has 0 aliphatic heterocycles. The fourth-order valence-electron chi connectivity index (χ4n) is 4.65. The average molecular weight is 365 g/mol. The molecular weight excluding hydrogens is 342 g/mol. The number of hydrogen-bond donors (Lipinski definition) is 2. The van der Waals surface area contributed by atoms with E-state index in [0.717, 1.165) is 26.0 Å². The first kappa shape index (κ1) is 18.3. The van der Waals surface area contributed by atoms with Gasteiger partial charge in [-0.2, -0.15) is 0 Å². The Morgan fingerprint density at radius 2 is 2.00 bits per heavy atom. The van der Waals surface area contributed by atoms with Crippen LogP contribution in [0.25, 0.3) is 0 Å². The lowest BCUT2D eigenvalue weighted by Gasteiger charge is -2.38. The summed E-state index contributed by atoms with van der Waals surface area (Å²) in [5.74, 6) is -2.46. The predicted molar refractivity (Wildman–Crippen MR) is 91.4 cm³/mol. The molecule has 2 aliphatic carbocycles. The van der Waals surface area contributed by atoms with E-state index in [-0.39, 0.29) is 22.7 Å². The standard InChI is InChI=1S/C18H23NO7/c1-17(2)9-5-6-18(17,3)12(7-9)26-16(22)13-10(20)8-11(25-4)14(15(13)21)19(23)24/h8-9,12,20-21H,5-7H2,1-4H3. The number of carbonyl (C=O) groups excluding carboxylic acids is 1. The number of fused-ring (bicyclic) bond motifs is 2. The third kappa shape index (κ3) is 2.31. The van der Waals surface area contributed by atoms with Crippen LogP contribution in [0.5, 0.6) is 17.2 Å². The first-order valence-electron chi connectivity index (χ1n) is 8.53. The van der Waals surface area contributed by atoms with E-state index in [4.69, 9.17) is 9.47 Å². The van der Waals surface area contributed by atoms with Crippen LogP contribution in [-0.4, -0.2) is 34.3 Å². The van der Waals surface area contributed by atoms with E-state index >= 15 is 0 Å². The molecule has 2 N–H and O–H groups in total. The second kappa shape index (κ2) is 5.75. The molecule has 0 radical (unpaired) electrons. The van der Waals surface area contributed by atoms with E-state index in [1.807, 2.05) is 0 Å². The van der Waals surface area contributed by atoms with Gasteiger partial charge in [0, 0.05) is 11.5 Å². The molecule has 0 spiro atoms. The Morgan fingerprint density at radius 3 is 2.46 bits per heavy atom. The Labute approximate surface area is 150 Å². The lowest BCUT2D eigenvalue weighted by atomic mass is 9.70. The fourth-order valence-corrected chi connectivity index (χ4v) is 4.65. The van der Waals surface area contributed by atoms with Gasteiger partial charge in [0.1, 0.15) is 11.9 Å². The largest absolute Gasteiger partial charge is 0.507 e. The van der Waals surface area contributed by atoms with Crippen LogP contribution < -0.4 is 4.74 Å². The molecule has 3 unspecified atom stereocenters. The summed E-state index contributed by atoms with van der Waals surface area (Å²) in [5.41, 5.74) is -1.59. The van der Waals surface area contributed by atoms with Crippen LogP contribution in [-0.2, 0) is 4.74 Å². The third-order valence-electron chi connectivity index (χ3n) is 6.79. The van der Waals surface area contributed by atoms with E-state index in [0.29, 0.717) is 12.3 Å². The second-order valence-electron chi connectivity index (χ2n) is 7.93. The number of nitro groups is 1. The Kier molecular flexibility index (Phi) is 4.05. The molecular formula is C18H23NO7. The minimum absolute atomic E-state index is 0.00788. The van der Waals surface area contributed by atoms with Crippen molar-refractivity contribution in [2.45, 2.75) is 46.1 Å². The number of methoxy groups -OCH3 is 1. The summed E-state index contributed by atoms with van der Waals surface area (Å²) in [4.78, 5) is 23.0. The van der Waals surface area contributed by atoms with Gasteiger partial charge >= 0.3 is 11.7 Å². The molecule has 26 heavy (non-hydrogen) atoms. The number of hydrogen-bond acceptors (Lipinski definition) is 7. The van der Waals surface area contributed by atoms with Crippen molar-refractivity contribution >= 4 is 11.7 Å². The van der Waals surface area contributed by atoms with Crippen LogP contribution in [0.1, 0.15) is 50.4 Å². The molecule has 0 amide bonds. The van der Waals surface area contributed by atoms with Gasteiger partial charge in [-0.15, -0.1) is 0 Å². The van der Waals surface area contributed by atoms with Crippen molar-refractivity contribution in [3.8, 4) is 17.2 Å². The van der Waals surface area contributed by atoms with Crippen molar-refractivity contribution in [1.82, 2.24) is 0 Å². The van der Waals surface area contributed by atoms with Crippen LogP contribution in [0.15, 0.2) is 6.07 Å². The number of carbonyl (C=O) groups is 1. The van der Waals surface area contributed by atoms with Crippen molar-refractivity contribution in [3.63, 3.8) is 0 Å². The number of benzene rings is 1. The van der Waals surface area contributed by atoms with Gasteiger partial charge < -0.3 is 19.7 Å². The van der Waals surface area contributed by atoms with Crippen molar-refractivity contribution < 1.29 is 29.4 Å². The van der Waals surface area contributed by atoms with Gasteiger partial charge in [0.2, 0.25) is 11.5 Å². The number of phenols is 2. The van der Waals surface area contributed by atoms with Crippen LogP contribution in [0.2, 0.25) is 0 Å². The summed E-state index contributed by atoms with van der Waals surface area (Å²) in [6.45, 7) is 6.39. The SMILES string of the molecule is COc1cc(O)c(C(=O)OC2CC3CCC2(C)C3(C)C)c(O)c1[N+](=O)[O-]. The summed E-state index contributed by atoms with van der Waals surface area (Å²) < 4.78 is 10.4. The Bertz CT molecular complexity index is 788. The number of nitro benzene ring substituents is 1. The van der Waals surface area contributed by atoms with Crippen LogP contribution in [0.4, 0.5) is 5.69 Å². The number of ether oxygens (including phenoxy) is 2. The highest BCUT2D eigenvalue weighted by Crippen LogP contribution is 2.66. The quantitative estimate of drug-likeness (QED) is 0.477. The molecule has 2 bridgehead atoms. The summed E-state index contributed by atoms with van der Waals surface area (Å²) in [5, 5.41) is 31.5. The monoisotopic (exact) mass is 365 g/mol.